The number of carbonyl (C=O) groups is 2. The predicted octanol–water partition coefficient (Wildman–Crippen LogP) is -0.0310. The standard InChI is InChI=1S/C12H23N3O2/c1-4-6-13-10(16)8-15(3)12(17)11-9(2)5-7-14-11/h9,11,14H,4-8H2,1-3H3,(H,13,16). The zero-order valence-corrected chi connectivity index (χ0v) is 11.0. The molecule has 0 aromatic rings. The highest BCUT2D eigenvalue weighted by molar-refractivity contribution is 5.87. The Morgan fingerprint density at radius 1 is 1.47 bits per heavy atom. The average molecular weight is 241 g/mol. The SMILES string of the molecule is CCCNC(=O)CN(C)C(=O)C1NCCC1C. The Balaban J connectivity index is 2.38. The summed E-state index contributed by atoms with van der Waals surface area (Å²) < 4.78 is 0. The Bertz CT molecular complexity index is 281. The van der Waals surface area contributed by atoms with Gasteiger partial charge in [0.1, 0.15) is 0 Å². The van der Waals surface area contributed by atoms with Crippen molar-refractivity contribution in [2.75, 3.05) is 26.7 Å². The fourth-order valence-corrected chi connectivity index (χ4v) is 2.02. The molecule has 0 spiro atoms. The first kappa shape index (κ1) is 14.0. The molecule has 0 saturated carbocycles. The van der Waals surface area contributed by atoms with Crippen molar-refractivity contribution in [1.82, 2.24) is 15.5 Å². The largest absolute Gasteiger partial charge is 0.355 e. The lowest BCUT2D eigenvalue weighted by molar-refractivity contribution is -0.136. The summed E-state index contributed by atoms with van der Waals surface area (Å²) in [5, 5.41) is 5.95. The van der Waals surface area contributed by atoms with Crippen molar-refractivity contribution in [1.29, 1.82) is 0 Å². The van der Waals surface area contributed by atoms with Crippen LogP contribution in [0, 0.1) is 5.92 Å². The highest BCUT2D eigenvalue weighted by Gasteiger charge is 2.31. The summed E-state index contributed by atoms with van der Waals surface area (Å²) >= 11 is 0. The number of nitrogens with one attached hydrogen (secondary N) is 2. The van der Waals surface area contributed by atoms with Gasteiger partial charge in [0, 0.05) is 13.6 Å². The molecule has 17 heavy (non-hydrogen) atoms. The molecule has 1 aliphatic heterocycles. The number of amides is 2. The molecule has 2 amide bonds. The lowest BCUT2D eigenvalue weighted by Crippen LogP contribution is -2.47. The van der Waals surface area contributed by atoms with Crippen LogP contribution in [-0.4, -0.2) is 49.4 Å². The minimum atomic E-state index is -0.126. The zero-order valence-electron chi connectivity index (χ0n) is 11.0. The highest BCUT2D eigenvalue weighted by Crippen LogP contribution is 2.15. The molecule has 2 atom stereocenters. The van der Waals surface area contributed by atoms with Crippen LogP contribution < -0.4 is 10.6 Å². The third-order valence-electron chi connectivity index (χ3n) is 3.13. The van der Waals surface area contributed by atoms with Gasteiger partial charge < -0.3 is 15.5 Å². The number of hydrogen-bond donors (Lipinski definition) is 2. The second kappa shape index (κ2) is 6.59. The van der Waals surface area contributed by atoms with Crippen LogP contribution >= 0.6 is 0 Å². The molecule has 98 valence electrons. The van der Waals surface area contributed by atoms with E-state index < -0.39 is 0 Å². The Kier molecular flexibility index (Phi) is 5.41. The van der Waals surface area contributed by atoms with Crippen molar-refractivity contribution in [2.24, 2.45) is 5.92 Å². The van der Waals surface area contributed by atoms with Gasteiger partial charge in [0.25, 0.3) is 0 Å². The van der Waals surface area contributed by atoms with Gasteiger partial charge in [0.2, 0.25) is 11.8 Å². The van der Waals surface area contributed by atoms with Crippen LogP contribution in [-0.2, 0) is 9.59 Å². The minimum Gasteiger partial charge on any atom is -0.355 e. The second-order valence-corrected chi connectivity index (χ2v) is 4.74. The summed E-state index contributed by atoms with van der Waals surface area (Å²) in [5.41, 5.74) is 0. The number of carbonyl (C=O) groups excluding carboxylic acids is 2. The van der Waals surface area contributed by atoms with Gasteiger partial charge in [-0.05, 0) is 25.3 Å². The van der Waals surface area contributed by atoms with Crippen molar-refractivity contribution < 1.29 is 9.59 Å². The summed E-state index contributed by atoms with van der Waals surface area (Å²) in [5.74, 6) is 0.277. The molecule has 0 aromatic carbocycles. The molecule has 1 fully saturated rings. The van der Waals surface area contributed by atoms with E-state index in [9.17, 15) is 9.59 Å². The molecule has 5 heteroatoms. The summed E-state index contributed by atoms with van der Waals surface area (Å²) in [6, 6.07) is -0.126. The fraction of sp³-hybridized carbons (Fsp3) is 0.833. The Labute approximate surface area is 103 Å². The van der Waals surface area contributed by atoms with Crippen molar-refractivity contribution >= 4 is 11.8 Å². The highest BCUT2D eigenvalue weighted by atomic mass is 16.2. The molecule has 1 saturated heterocycles. The lowest BCUT2D eigenvalue weighted by Gasteiger charge is -2.23. The number of hydrogen-bond acceptors (Lipinski definition) is 3. The monoisotopic (exact) mass is 241 g/mol. The summed E-state index contributed by atoms with van der Waals surface area (Å²) in [6.45, 7) is 5.75. The molecular formula is C12H23N3O2. The van der Waals surface area contributed by atoms with Crippen molar-refractivity contribution in [3.05, 3.63) is 0 Å². The molecule has 2 N–H and O–H groups in total. The first-order valence-electron chi connectivity index (χ1n) is 6.31. The third kappa shape index (κ3) is 4.00. The van der Waals surface area contributed by atoms with Gasteiger partial charge in [-0.25, -0.2) is 0 Å². The van der Waals surface area contributed by atoms with Crippen LogP contribution in [0.2, 0.25) is 0 Å². The van der Waals surface area contributed by atoms with Crippen molar-refractivity contribution in [3.63, 3.8) is 0 Å². The lowest BCUT2D eigenvalue weighted by atomic mass is 10.0. The molecule has 1 heterocycles. The maximum absolute atomic E-state index is 12.0. The van der Waals surface area contributed by atoms with Crippen LogP contribution in [0.15, 0.2) is 0 Å². The number of rotatable bonds is 5. The predicted molar refractivity (Wildman–Crippen MR) is 66.5 cm³/mol. The fourth-order valence-electron chi connectivity index (χ4n) is 2.02. The van der Waals surface area contributed by atoms with Gasteiger partial charge in [-0.2, -0.15) is 0 Å². The number of likely N-dealkylation sites (N-methyl/N-ethyl adjacent to an activating group) is 1. The molecule has 5 nitrogen and oxygen atoms in total. The minimum absolute atomic E-state index is 0.0154. The van der Waals surface area contributed by atoms with Crippen LogP contribution in [0.3, 0.4) is 0 Å². The van der Waals surface area contributed by atoms with E-state index in [4.69, 9.17) is 0 Å². The molecular weight excluding hydrogens is 218 g/mol. The first-order chi connectivity index (χ1) is 8.06. The smallest absolute Gasteiger partial charge is 0.240 e. The van der Waals surface area contributed by atoms with Crippen LogP contribution in [0.4, 0.5) is 0 Å². The van der Waals surface area contributed by atoms with E-state index in [0.717, 1.165) is 19.4 Å². The van der Waals surface area contributed by atoms with E-state index in [2.05, 4.69) is 17.6 Å². The molecule has 0 bridgehead atoms. The van der Waals surface area contributed by atoms with E-state index in [1.165, 1.54) is 4.90 Å². The van der Waals surface area contributed by atoms with Crippen LogP contribution in [0.1, 0.15) is 26.7 Å². The van der Waals surface area contributed by atoms with Gasteiger partial charge in [-0.1, -0.05) is 13.8 Å². The van der Waals surface area contributed by atoms with Crippen LogP contribution in [0.25, 0.3) is 0 Å². The normalized spacial score (nSPS) is 23.5. The average Bonchev–Trinajstić information content (AvgIpc) is 2.71. The Morgan fingerprint density at radius 2 is 2.18 bits per heavy atom. The summed E-state index contributed by atoms with van der Waals surface area (Å²) in [6.07, 6.45) is 1.93. The molecule has 2 unspecified atom stereocenters. The van der Waals surface area contributed by atoms with E-state index >= 15 is 0 Å². The van der Waals surface area contributed by atoms with Gasteiger partial charge in [0.15, 0.2) is 0 Å². The molecule has 1 aliphatic rings. The number of nitrogens with zero attached hydrogens (tertiary/aromatic N) is 1. The second-order valence-electron chi connectivity index (χ2n) is 4.74. The van der Waals surface area contributed by atoms with Gasteiger partial charge >= 0.3 is 0 Å². The van der Waals surface area contributed by atoms with Gasteiger partial charge in [-0.3, -0.25) is 9.59 Å². The molecule has 1 rings (SSSR count). The van der Waals surface area contributed by atoms with E-state index in [-0.39, 0.29) is 24.4 Å². The van der Waals surface area contributed by atoms with Gasteiger partial charge in [0.05, 0.1) is 12.6 Å². The Morgan fingerprint density at radius 3 is 2.71 bits per heavy atom. The van der Waals surface area contributed by atoms with E-state index in [0.29, 0.717) is 12.5 Å². The van der Waals surface area contributed by atoms with Crippen molar-refractivity contribution in [3.8, 4) is 0 Å². The summed E-state index contributed by atoms with van der Waals surface area (Å²) in [4.78, 5) is 25.0. The van der Waals surface area contributed by atoms with E-state index in [1.54, 1.807) is 7.05 Å². The molecule has 0 aromatic heterocycles. The third-order valence-corrected chi connectivity index (χ3v) is 3.13. The molecule has 0 radical (unpaired) electrons. The van der Waals surface area contributed by atoms with Gasteiger partial charge in [-0.15, -0.1) is 0 Å². The topological polar surface area (TPSA) is 61.4 Å². The maximum atomic E-state index is 12.0. The van der Waals surface area contributed by atoms with E-state index in [1.807, 2.05) is 6.92 Å². The zero-order chi connectivity index (χ0) is 12.8. The Hall–Kier alpha value is -1.10. The quantitative estimate of drug-likeness (QED) is 0.710. The van der Waals surface area contributed by atoms with Crippen LogP contribution in [0.5, 0.6) is 0 Å². The first-order valence-corrected chi connectivity index (χ1v) is 6.31. The van der Waals surface area contributed by atoms with Crippen molar-refractivity contribution in [2.45, 2.75) is 32.7 Å². The summed E-state index contributed by atoms with van der Waals surface area (Å²) in [7, 11) is 1.68. The molecule has 0 aliphatic carbocycles. The maximum Gasteiger partial charge on any atom is 0.240 e.